The first-order valence-corrected chi connectivity index (χ1v) is 6.15. The summed E-state index contributed by atoms with van der Waals surface area (Å²) < 4.78 is 5.13. The van der Waals surface area contributed by atoms with Gasteiger partial charge in [0.05, 0.1) is 24.4 Å². The number of likely N-dealkylation sites (N-methyl/N-ethyl adjacent to an activating group) is 1. The van der Waals surface area contributed by atoms with E-state index < -0.39 is 0 Å². The highest BCUT2D eigenvalue weighted by molar-refractivity contribution is 6.30. The summed E-state index contributed by atoms with van der Waals surface area (Å²) in [5.41, 5.74) is 0. The van der Waals surface area contributed by atoms with Gasteiger partial charge in [0.1, 0.15) is 11.6 Å². The number of pyridine rings is 1. The molecular weight excluding hydrogens is 266 g/mol. The van der Waals surface area contributed by atoms with E-state index >= 15 is 0 Å². The summed E-state index contributed by atoms with van der Waals surface area (Å²) in [4.78, 5) is 17.6. The Morgan fingerprint density at radius 3 is 2.95 bits per heavy atom. The zero-order valence-corrected chi connectivity index (χ0v) is 11.2. The minimum Gasteiger partial charge on any atom is -0.467 e. The zero-order chi connectivity index (χ0) is 13.7. The Balaban J connectivity index is 1.83. The predicted octanol–water partition coefficient (Wildman–Crippen LogP) is 2.08. The molecule has 0 aliphatic rings. The van der Waals surface area contributed by atoms with Crippen LogP contribution in [0.15, 0.2) is 41.1 Å². The first-order valence-electron chi connectivity index (χ1n) is 5.77. The minimum absolute atomic E-state index is 0.101. The maximum Gasteiger partial charge on any atom is 0.239 e. The van der Waals surface area contributed by atoms with E-state index in [1.807, 2.05) is 6.07 Å². The molecule has 19 heavy (non-hydrogen) atoms. The summed E-state index contributed by atoms with van der Waals surface area (Å²) in [5.74, 6) is 1.31. The molecule has 2 aromatic heterocycles. The Morgan fingerprint density at radius 1 is 1.47 bits per heavy atom. The van der Waals surface area contributed by atoms with Gasteiger partial charge in [-0.1, -0.05) is 11.6 Å². The molecule has 0 bridgehead atoms. The molecule has 0 radical (unpaired) electrons. The molecule has 5 nitrogen and oxygen atoms in total. The highest BCUT2D eigenvalue weighted by Gasteiger charge is 2.08. The fourth-order valence-electron chi connectivity index (χ4n) is 1.54. The van der Waals surface area contributed by atoms with E-state index in [1.54, 1.807) is 42.6 Å². The third-order valence-electron chi connectivity index (χ3n) is 2.52. The molecule has 6 heteroatoms. The Hall–Kier alpha value is -2.01. The molecule has 0 saturated heterocycles. The van der Waals surface area contributed by atoms with Gasteiger partial charge in [-0.3, -0.25) is 4.79 Å². The normalized spacial score (nSPS) is 10.2. The fourth-order valence-corrected chi connectivity index (χ4v) is 1.66. The van der Waals surface area contributed by atoms with Crippen LogP contribution < -0.4 is 10.2 Å². The second-order valence-electron chi connectivity index (χ2n) is 4.05. The quantitative estimate of drug-likeness (QED) is 0.910. The molecule has 1 N–H and O–H groups in total. The Kier molecular flexibility index (Phi) is 4.41. The van der Waals surface area contributed by atoms with Crippen LogP contribution in [-0.4, -0.2) is 24.5 Å². The number of hydrogen-bond acceptors (Lipinski definition) is 4. The Bertz CT molecular complexity index is 525. The number of furan rings is 1. The second-order valence-corrected chi connectivity index (χ2v) is 4.48. The average molecular weight is 280 g/mol. The third-order valence-corrected chi connectivity index (χ3v) is 2.75. The molecule has 0 fully saturated rings. The number of halogens is 1. The van der Waals surface area contributed by atoms with Crippen LogP contribution in [0.3, 0.4) is 0 Å². The number of aromatic nitrogens is 1. The molecule has 0 saturated carbocycles. The van der Waals surface area contributed by atoms with Gasteiger partial charge >= 0.3 is 0 Å². The van der Waals surface area contributed by atoms with E-state index in [4.69, 9.17) is 16.0 Å². The molecule has 100 valence electrons. The van der Waals surface area contributed by atoms with Crippen molar-refractivity contribution in [1.29, 1.82) is 0 Å². The van der Waals surface area contributed by atoms with Gasteiger partial charge in [0.25, 0.3) is 0 Å². The van der Waals surface area contributed by atoms with Gasteiger partial charge < -0.3 is 14.6 Å². The number of carbonyl (C=O) groups excluding carboxylic acids is 1. The van der Waals surface area contributed by atoms with Gasteiger partial charge in [-0.25, -0.2) is 4.98 Å². The molecule has 0 aliphatic carbocycles. The van der Waals surface area contributed by atoms with Crippen LogP contribution in [0.4, 0.5) is 5.82 Å². The molecule has 0 aromatic carbocycles. The molecule has 0 unspecified atom stereocenters. The SMILES string of the molecule is CN(CC(=O)NCc1ccco1)c1ccc(Cl)cn1. The lowest BCUT2D eigenvalue weighted by atomic mass is 10.4. The Labute approximate surface area is 116 Å². The smallest absolute Gasteiger partial charge is 0.239 e. The second kappa shape index (κ2) is 6.24. The molecular formula is C13H14ClN3O2. The van der Waals surface area contributed by atoms with Gasteiger partial charge in [0.15, 0.2) is 0 Å². The van der Waals surface area contributed by atoms with Crippen molar-refractivity contribution < 1.29 is 9.21 Å². The lowest BCUT2D eigenvalue weighted by Gasteiger charge is -2.17. The van der Waals surface area contributed by atoms with Crippen molar-refractivity contribution in [1.82, 2.24) is 10.3 Å². The molecule has 2 heterocycles. The highest BCUT2D eigenvalue weighted by Crippen LogP contribution is 2.12. The summed E-state index contributed by atoms with van der Waals surface area (Å²) >= 11 is 5.76. The first-order chi connectivity index (χ1) is 9.15. The fraction of sp³-hybridized carbons (Fsp3) is 0.231. The van der Waals surface area contributed by atoms with Crippen LogP contribution in [0.5, 0.6) is 0 Å². The van der Waals surface area contributed by atoms with Crippen molar-refractivity contribution in [2.45, 2.75) is 6.54 Å². The van der Waals surface area contributed by atoms with Crippen molar-refractivity contribution in [3.05, 3.63) is 47.5 Å². The van der Waals surface area contributed by atoms with E-state index in [9.17, 15) is 4.79 Å². The van der Waals surface area contributed by atoms with Crippen molar-refractivity contribution in [2.24, 2.45) is 0 Å². The van der Waals surface area contributed by atoms with E-state index in [0.717, 1.165) is 5.76 Å². The van der Waals surface area contributed by atoms with Crippen molar-refractivity contribution in [3.8, 4) is 0 Å². The van der Waals surface area contributed by atoms with Gasteiger partial charge in [-0.2, -0.15) is 0 Å². The summed E-state index contributed by atoms with van der Waals surface area (Å²) in [6, 6.07) is 7.10. The average Bonchev–Trinajstić information content (AvgIpc) is 2.90. The van der Waals surface area contributed by atoms with Crippen LogP contribution in [-0.2, 0) is 11.3 Å². The summed E-state index contributed by atoms with van der Waals surface area (Å²) in [5, 5.41) is 3.34. The number of hydrogen-bond donors (Lipinski definition) is 1. The van der Waals surface area contributed by atoms with E-state index in [2.05, 4.69) is 10.3 Å². The summed E-state index contributed by atoms with van der Waals surface area (Å²) in [6.07, 6.45) is 3.12. The number of rotatable bonds is 5. The number of anilines is 1. The van der Waals surface area contributed by atoms with Crippen LogP contribution >= 0.6 is 11.6 Å². The molecule has 2 rings (SSSR count). The van der Waals surface area contributed by atoms with Crippen LogP contribution in [0.25, 0.3) is 0 Å². The number of nitrogens with zero attached hydrogens (tertiary/aromatic N) is 2. The number of carbonyl (C=O) groups is 1. The van der Waals surface area contributed by atoms with Crippen LogP contribution in [0, 0.1) is 0 Å². The highest BCUT2D eigenvalue weighted by atomic mass is 35.5. The number of nitrogens with one attached hydrogen (secondary N) is 1. The van der Waals surface area contributed by atoms with E-state index in [-0.39, 0.29) is 12.5 Å². The van der Waals surface area contributed by atoms with Gasteiger partial charge in [-0.05, 0) is 24.3 Å². The Morgan fingerprint density at radius 2 is 2.32 bits per heavy atom. The van der Waals surface area contributed by atoms with Crippen molar-refractivity contribution in [3.63, 3.8) is 0 Å². The zero-order valence-electron chi connectivity index (χ0n) is 10.5. The molecule has 0 atom stereocenters. The lowest BCUT2D eigenvalue weighted by Crippen LogP contribution is -2.35. The largest absolute Gasteiger partial charge is 0.467 e. The van der Waals surface area contributed by atoms with Crippen molar-refractivity contribution in [2.75, 3.05) is 18.5 Å². The summed E-state index contributed by atoms with van der Waals surface area (Å²) in [7, 11) is 1.79. The molecule has 1 amide bonds. The van der Waals surface area contributed by atoms with Gasteiger partial charge in [0, 0.05) is 13.2 Å². The number of amides is 1. The minimum atomic E-state index is -0.101. The predicted molar refractivity (Wildman–Crippen MR) is 73.1 cm³/mol. The summed E-state index contributed by atoms with van der Waals surface area (Å²) in [6.45, 7) is 0.600. The molecule has 2 aromatic rings. The lowest BCUT2D eigenvalue weighted by molar-refractivity contribution is -0.120. The van der Waals surface area contributed by atoms with Crippen LogP contribution in [0.1, 0.15) is 5.76 Å². The topological polar surface area (TPSA) is 58.4 Å². The van der Waals surface area contributed by atoms with Crippen molar-refractivity contribution >= 4 is 23.3 Å². The first kappa shape index (κ1) is 13.4. The third kappa shape index (κ3) is 3.99. The monoisotopic (exact) mass is 279 g/mol. The van der Waals surface area contributed by atoms with Gasteiger partial charge in [-0.15, -0.1) is 0 Å². The van der Waals surface area contributed by atoms with Gasteiger partial charge in [0.2, 0.25) is 5.91 Å². The molecule has 0 aliphatic heterocycles. The van der Waals surface area contributed by atoms with E-state index in [0.29, 0.717) is 17.4 Å². The standard InChI is InChI=1S/C13H14ClN3O2/c1-17(12-5-4-10(14)7-15-12)9-13(18)16-8-11-3-2-6-19-11/h2-7H,8-9H2,1H3,(H,16,18). The molecule has 0 spiro atoms. The van der Waals surface area contributed by atoms with Crippen LogP contribution in [0.2, 0.25) is 5.02 Å². The van der Waals surface area contributed by atoms with E-state index in [1.165, 1.54) is 0 Å². The maximum atomic E-state index is 11.7. The maximum absolute atomic E-state index is 11.7.